The molecule has 152 valence electrons. The maximum absolute atomic E-state index is 14.3. The Morgan fingerprint density at radius 2 is 1.47 bits per heavy atom. The molecule has 1 aliphatic heterocycles. The summed E-state index contributed by atoms with van der Waals surface area (Å²) in [5, 5.41) is 0. The molecule has 0 bridgehead atoms. The van der Waals surface area contributed by atoms with Gasteiger partial charge in [-0.15, -0.1) is 0 Å². The minimum absolute atomic E-state index is 0.282. The molecule has 4 rings (SSSR count). The lowest BCUT2D eigenvalue weighted by atomic mass is 9.84. The van der Waals surface area contributed by atoms with Crippen molar-refractivity contribution in [2.75, 3.05) is 0 Å². The van der Waals surface area contributed by atoms with Crippen molar-refractivity contribution in [2.45, 2.75) is 32.4 Å². The number of halogens is 2. The van der Waals surface area contributed by atoms with Crippen molar-refractivity contribution in [3.05, 3.63) is 101 Å². The number of rotatable bonds is 4. The van der Waals surface area contributed by atoms with Crippen molar-refractivity contribution >= 4 is 13.6 Å². The zero-order valence-corrected chi connectivity index (χ0v) is 18.6. The van der Waals surface area contributed by atoms with Crippen LogP contribution >= 0.6 is 0 Å². The van der Waals surface area contributed by atoms with Crippen LogP contribution in [0.4, 0.5) is 8.78 Å². The maximum Gasteiger partial charge on any atom is 0.135 e. The first kappa shape index (κ1) is 20.4. The van der Waals surface area contributed by atoms with Gasteiger partial charge in [-0.2, -0.15) is 0 Å². The molecule has 0 fully saturated rings. The summed E-state index contributed by atoms with van der Waals surface area (Å²) >= 11 is 0. The first-order valence-electron chi connectivity index (χ1n) is 9.99. The van der Waals surface area contributed by atoms with Crippen LogP contribution in [0.2, 0.25) is 13.1 Å². The van der Waals surface area contributed by atoms with E-state index in [9.17, 15) is 8.78 Å². The van der Waals surface area contributed by atoms with E-state index < -0.39 is 25.1 Å². The molecule has 2 nitrogen and oxygen atoms in total. The van der Waals surface area contributed by atoms with Crippen LogP contribution in [0.15, 0.2) is 72.1 Å². The highest BCUT2D eigenvalue weighted by atomic mass is 28.3. The molecule has 0 saturated carbocycles. The number of pyridine rings is 2. The number of benzene rings is 1. The Morgan fingerprint density at radius 1 is 0.833 bits per heavy atom. The number of hydrogen-bond donors (Lipinski definition) is 0. The monoisotopic (exact) mass is 418 g/mol. The van der Waals surface area contributed by atoms with E-state index in [0.29, 0.717) is 5.69 Å². The van der Waals surface area contributed by atoms with Crippen molar-refractivity contribution in [2.24, 2.45) is 0 Å². The molecule has 0 spiro atoms. The van der Waals surface area contributed by atoms with E-state index in [2.05, 4.69) is 44.4 Å². The summed E-state index contributed by atoms with van der Waals surface area (Å²) in [6.45, 7) is 8.72. The molecule has 0 radical (unpaired) electrons. The first-order valence-corrected chi connectivity index (χ1v) is 13.1. The van der Waals surface area contributed by atoms with Crippen molar-refractivity contribution in [3.63, 3.8) is 0 Å². The normalized spacial score (nSPS) is 15.3. The van der Waals surface area contributed by atoms with Gasteiger partial charge in [0.2, 0.25) is 0 Å². The minimum Gasteiger partial charge on any atom is -0.252 e. The lowest BCUT2D eigenvalue weighted by molar-refractivity contribution is 0.583. The smallest absolute Gasteiger partial charge is 0.135 e. The third-order valence-corrected chi connectivity index (χ3v) is 7.58. The SMILES string of the molecule is CC(C)(c1cccc(C2=C[Si](C)(C)C=C2)n1)c1cccc(-c2ccc(F)cc2F)n1. The van der Waals surface area contributed by atoms with E-state index in [1.807, 2.05) is 30.3 Å². The third kappa shape index (κ3) is 3.90. The summed E-state index contributed by atoms with van der Waals surface area (Å²) < 4.78 is 27.6. The van der Waals surface area contributed by atoms with Gasteiger partial charge in [-0.1, -0.05) is 42.7 Å². The van der Waals surface area contributed by atoms with Crippen molar-refractivity contribution in [1.29, 1.82) is 0 Å². The van der Waals surface area contributed by atoms with Gasteiger partial charge in [0.15, 0.2) is 0 Å². The van der Waals surface area contributed by atoms with E-state index in [1.54, 1.807) is 6.07 Å². The molecule has 1 aromatic carbocycles. The predicted octanol–water partition coefficient (Wildman–Crippen LogP) is 6.49. The molecular formula is C25H24F2N2Si. The van der Waals surface area contributed by atoms with Crippen LogP contribution in [0.3, 0.4) is 0 Å². The average Bonchev–Trinajstić information content (AvgIpc) is 3.08. The highest BCUT2D eigenvalue weighted by molar-refractivity contribution is 6.88. The van der Waals surface area contributed by atoms with Crippen molar-refractivity contribution in [3.8, 4) is 11.3 Å². The molecule has 0 unspecified atom stereocenters. The summed E-state index contributed by atoms with van der Waals surface area (Å²) in [7, 11) is -1.42. The van der Waals surface area contributed by atoms with E-state index in [0.717, 1.165) is 23.1 Å². The van der Waals surface area contributed by atoms with Crippen molar-refractivity contribution in [1.82, 2.24) is 9.97 Å². The quantitative estimate of drug-likeness (QED) is 0.453. The van der Waals surface area contributed by atoms with Crippen LogP contribution in [-0.2, 0) is 5.41 Å². The summed E-state index contributed by atoms with van der Waals surface area (Å²) in [4.78, 5) is 9.65. The summed E-state index contributed by atoms with van der Waals surface area (Å²) in [6, 6.07) is 15.1. The van der Waals surface area contributed by atoms with Gasteiger partial charge < -0.3 is 0 Å². The second kappa shape index (κ2) is 7.40. The Morgan fingerprint density at radius 3 is 2.07 bits per heavy atom. The minimum atomic E-state index is -1.42. The van der Waals surface area contributed by atoms with Crippen LogP contribution in [0.1, 0.15) is 30.9 Å². The van der Waals surface area contributed by atoms with Crippen LogP contribution in [-0.4, -0.2) is 18.0 Å². The lowest BCUT2D eigenvalue weighted by Crippen LogP contribution is -2.22. The fourth-order valence-electron chi connectivity index (χ4n) is 3.67. The van der Waals surface area contributed by atoms with E-state index in [-0.39, 0.29) is 5.56 Å². The number of nitrogens with zero attached hydrogens (tertiary/aromatic N) is 2. The number of allylic oxidation sites excluding steroid dienone is 2. The molecule has 2 aromatic heterocycles. The molecular weight excluding hydrogens is 394 g/mol. The second-order valence-electron chi connectivity index (χ2n) is 8.82. The topological polar surface area (TPSA) is 25.8 Å². The summed E-state index contributed by atoms with van der Waals surface area (Å²) in [6.07, 6.45) is 2.17. The van der Waals surface area contributed by atoms with E-state index in [1.165, 1.54) is 17.7 Å². The van der Waals surface area contributed by atoms with Gasteiger partial charge in [-0.05, 0) is 55.8 Å². The molecule has 3 heterocycles. The molecule has 0 amide bonds. The van der Waals surface area contributed by atoms with E-state index in [4.69, 9.17) is 9.97 Å². The second-order valence-corrected chi connectivity index (χ2v) is 13.1. The maximum atomic E-state index is 14.3. The molecule has 0 N–H and O–H groups in total. The van der Waals surface area contributed by atoms with Crippen LogP contribution in [0.25, 0.3) is 16.8 Å². The average molecular weight is 419 g/mol. The predicted molar refractivity (Wildman–Crippen MR) is 121 cm³/mol. The fraction of sp³-hybridized carbons (Fsp3) is 0.200. The summed E-state index contributed by atoms with van der Waals surface area (Å²) in [5.74, 6) is -1.22. The van der Waals surface area contributed by atoms with Gasteiger partial charge in [0, 0.05) is 17.0 Å². The zero-order valence-electron chi connectivity index (χ0n) is 17.6. The van der Waals surface area contributed by atoms with Gasteiger partial charge in [0.05, 0.1) is 30.8 Å². The lowest BCUT2D eigenvalue weighted by Gasteiger charge is -2.25. The highest BCUT2D eigenvalue weighted by Crippen LogP contribution is 2.33. The van der Waals surface area contributed by atoms with Crippen molar-refractivity contribution < 1.29 is 8.78 Å². The van der Waals surface area contributed by atoms with E-state index >= 15 is 0 Å². The van der Waals surface area contributed by atoms with Gasteiger partial charge in [-0.3, -0.25) is 9.97 Å². The standard InChI is InChI=1S/C25H24F2N2Si/c1-25(2,23-9-5-7-21(28-23)17-13-14-30(3,4)16-17)24-10-6-8-22(29-24)19-12-11-18(26)15-20(19)27/h5-16H,1-4H3. The number of aromatic nitrogens is 2. The Labute approximate surface area is 177 Å². The molecule has 0 saturated heterocycles. The largest absolute Gasteiger partial charge is 0.252 e. The van der Waals surface area contributed by atoms with Gasteiger partial charge >= 0.3 is 0 Å². The summed E-state index contributed by atoms with van der Waals surface area (Å²) in [5.41, 5.74) is 8.72. The molecule has 3 aromatic rings. The van der Waals surface area contributed by atoms with Crippen LogP contribution < -0.4 is 0 Å². The van der Waals surface area contributed by atoms with Crippen LogP contribution in [0, 0.1) is 11.6 Å². The molecule has 30 heavy (non-hydrogen) atoms. The number of hydrogen-bond acceptors (Lipinski definition) is 2. The molecule has 0 aliphatic carbocycles. The van der Waals surface area contributed by atoms with Crippen LogP contribution in [0.5, 0.6) is 0 Å². The Hall–Kier alpha value is -2.92. The molecule has 1 aliphatic rings. The Kier molecular flexibility index (Phi) is 5.02. The zero-order chi connectivity index (χ0) is 21.5. The van der Waals surface area contributed by atoms with Gasteiger partial charge in [0.1, 0.15) is 11.6 Å². The Bertz CT molecular complexity index is 1180. The third-order valence-electron chi connectivity index (χ3n) is 5.50. The first-order chi connectivity index (χ1) is 14.2. The highest BCUT2D eigenvalue weighted by Gasteiger charge is 2.28. The molecule has 0 atom stereocenters. The fourth-order valence-corrected chi connectivity index (χ4v) is 5.42. The Balaban J connectivity index is 1.73. The van der Waals surface area contributed by atoms with Gasteiger partial charge in [-0.25, -0.2) is 8.78 Å². The molecule has 5 heteroatoms. The van der Waals surface area contributed by atoms with Gasteiger partial charge in [0.25, 0.3) is 0 Å².